The Morgan fingerprint density at radius 3 is 2.45 bits per heavy atom. The van der Waals surface area contributed by atoms with E-state index >= 15 is 0 Å². The SMILES string of the molecule is CC1CC(NC2CC2C)CS1. The normalized spacial score (nSPS) is 49.6. The number of nitrogens with one attached hydrogen (secondary N) is 1. The van der Waals surface area contributed by atoms with Gasteiger partial charge < -0.3 is 5.32 Å². The molecule has 2 fully saturated rings. The van der Waals surface area contributed by atoms with Crippen molar-refractivity contribution >= 4 is 11.8 Å². The Labute approximate surface area is 73.3 Å². The van der Waals surface area contributed by atoms with Crippen molar-refractivity contribution in [2.24, 2.45) is 5.92 Å². The smallest absolute Gasteiger partial charge is 0.0171 e. The van der Waals surface area contributed by atoms with Crippen molar-refractivity contribution in [2.75, 3.05) is 5.75 Å². The van der Waals surface area contributed by atoms with E-state index in [-0.39, 0.29) is 0 Å². The van der Waals surface area contributed by atoms with Crippen molar-refractivity contribution in [3.05, 3.63) is 0 Å². The van der Waals surface area contributed by atoms with Crippen LogP contribution < -0.4 is 5.32 Å². The number of hydrogen-bond donors (Lipinski definition) is 1. The van der Waals surface area contributed by atoms with E-state index in [2.05, 4.69) is 30.9 Å². The largest absolute Gasteiger partial charge is 0.310 e. The van der Waals surface area contributed by atoms with Crippen LogP contribution in [-0.2, 0) is 0 Å². The first-order valence-electron chi connectivity index (χ1n) is 4.63. The Morgan fingerprint density at radius 2 is 2.00 bits per heavy atom. The molecule has 0 amide bonds. The van der Waals surface area contributed by atoms with E-state index in [0.29, 0.717) is 0 Å². The van der Waals surface area contributed by atoms with E-state index < -0.39 is 0 Å². The van der Waals surface area contributed by atoms with Gasteiger partial charge in [-0.15, -0.1) is 0 Å². The molecule has 0 spiro atoms. The van der Waals surface area contributed by atoms with Crippen molar-refractivity contribution < 1.29 is 0 Å². The van der Waals surface area contributed by atoms with Crippen LogP contribution in [-0.4, -0.2) is 23.1 Å². The van der Waals surface area contributed by atoms with Gasteiger partial charge in [0.25, 0.3) is 0 Å². The summed E-state index contributed by atoms with van der Waals surface area (Å²) in [6.45, 7) is 4.67. The lowest BCUT2D eigenvalue weighted by Gasteiger charge is -2.09. The van der Waals surface area contributed by atoms with Gasteiger partial charge in [0.15, 0.2) is 0 Å². The lowest BCUT2D eigenvalue weighted by atomic mass is 10.2. The Morgan fingerprint density at radius 1 is 1.27 bits per heavy atom. The third-order valence-corrected chi connectivity index (χ3v) is 4.11. The fourth-order valence-electron chi connectivity index (χ4n) is 1.79. The summed E-state index contributed by atoms with van der Waals surface area (Å²) in [6.07, 6.45) is 2.80. The second-order valence-corrected chi connectivity index (χ2v) is 5.53. The first-order valence-corrected chi connectivity index (χ1v) is 5.68. The van der Waals surface area contributed by atoms with Gasteiger partial charge in [0.05, 0.1) is 0 Å². The average Bonchev–Trinajstić information content (AvgIpc) is 2.42. The first-order chi connectivity index (χ1) is 5.25. The first kappa shape index (κ1) is 7.93. The van der Waals surface area contributed by atoms with Crippen molar-refractivity contribution in [2.45, 2.75) is 44.0 Å². The quantitative estimate of drug-likeness (QED) is 0.681. The fourth-order valence-corrected chi connectivity index (χ4v) is 2.95. The molecule has 1 saturated carbocycles. The van der Waals surface area contributed by atoms with E-state index in [0.717, 1.165) is 23.3 Å². The van der Waals surface area contributed by atoms with Crippen LogP contribution in [0.15, 0.2) is 0 Å². The topological polar surface area (TPSA) is 12.0 Å². The molecule has 1 saturated heterocycles. The van der Waals surface area contributed by atoms with Gasteiger partial charge in [0, 0.05) is 23.1 Å². The Kier molecular flexibility index (Phi) is 2.15. The van der Waals surface area contributed by atoms with Gasteiger partial charge in [-0.3, -0.25) is 0 Å². The van der Waals surface area contributed by atoms with Crippen LogP contribution in [0.4, 0.5) is 0 Å². The van der Waals surface area contributed by atoms with Gasteiger partial charge in [0.1, 0.15) is 0 Å². The van der Waals surface area contributed by atoms with Crippen molar-refractivity contribution in [3.63, 3.8) is 0 Å². The zero-order chi connectivity index (χ0) is 7.84. The number of hydrogen-bond acceptors (Lipinski definition) is 2. The second-order valence-electron chi connectivity index (χ2n) is 4.06. The minimum absolute atomic E-state index is 0.824. The van der Waals surface area contributed by atoms with Gasteiger partial charge in [-0.2, -0.15) is 11.8 Å². The highest BCUT2D eigenvalue weighted by atomic mass is 32.2. The highest BCUT2D eigenvalue weighted by Crippen LogP contribution is 2.33. The second kappa shape index (κ2) is 2.98. The predicted molar refractivity (Wildman–Crippen MR) is 51.0 cm³/mol. The van der Waals surface area contributed by atoms with Gasteiger partial charge in [0.2, 0.25) is 0 Å². The molecule has 0 radical (unpaired) electrons. The summed E-state index contributed by atoms with van der Waals surface area (Å²) in [4.78, 5) is 0. The summed E-state index contributed by atoms with van der Waals surface area (Å²) < 4.78 is 0. The maximum Gasteiger partial charge on any atom is 0.0171 e. The number of thioether (sulfide) groups is 1. The molecule has 64 valence electrons. The van der Waals surface area contributed by atoms with Gasteiger partial charge in [-0.1, -0.05) is 13.8 Å². The highest BCUT2D eigenvalue weighted by molar-refractivity contribution is 8.00. The standard InChI is InChI=1S/C9H17NS/c1-6-3-9(6)10-8-4-7(2)11-5-8/h6-10H,3-5H2,1-2H3. The van der Waals surface area contributed by atoms with Crippen LogP contribution in [0.1, 0.15) is 26.7 Å². The minimum atomic E-state index is 0.824. The van der Waals surface area contributed by atoms with E-state index in [1.54, 1.807) is 0 Å². The molecule has 0 aromatic heterocycles. The Balaban J connectivity index is 1.71. The van der Waals surface area contributed by atoms with Gasteiger partial charge >= 0.3 is 0 Å². The molecule has 2 heteroatoms. The molecule has 4 unspecified atom stereocenters. The van der Waals surface area contributed by atoms with Crippen molar-refractivity contribution in [1.29, 1.82) is 0 Å². The maximum absolute atomic E-state index is 3.71. The average molecular weight is 171 g/mol. The molecule has 0 bridgehead atoms. The van der Waals surface area contributed by atoms with Crippen molar-refractivity contribution in [1.82, 2.24) is 5.32 Å². The van der Waals surface area contributed by atoms with Crippen LogP contribution in [0.2, 0.25) is 0 Å². The molecule has 1 aliphatic carbocycles. The molecule has 2 aliphatic rings. The van der Waals surface area contributed by atoms with Crippen LogP contribution in [0.5, 0.6) is 0 Å². The highest BCUT2D eigenvalue weighted by Gasteiger charge is 2.35. The summed E-state index contributed by atoms with van der Waals surface area (Å²) in [6, 6.07) is 1.69. The van der Waals surface area contributed by atoms with Crippen LogP contribution in [0.25, 0.3) is 0 Å². The Hall–Kier alpha value is 0.310. The third kappa shape index (κ3) is 1.91. The molecule has 4 atom stereocenters. The maximum atomic E-state index is 3.71. The molecular formula is C9H17NS. The lowest BCUT2D eigenvalue weighted by Crippen LogP contribution is -2.31. The van der Waals surface area contributed by atoms with Crippen molar-refractivity contribution in [3.8, 4) is 0 Å². The van der Waals surface area contributed by atoms with E-state index in [9.17, 15) is 0 Å². The minimum Gasteiger partial charge on any atom is -0.310 e. The third-order valence-electron chi connectivity index (χ3n) is 2.76. The molecule has 2 rings (SSSR count). The molecule has 1 nitrogen and oxygen atoms in total. The van der Waals surface area contributed by atoms with Gasteiger partial charge in [-0.05, 0) is 18.8 Å². The zero-order valence-electron chi connectivity index (χ0n) is 7.34. The van der Waals surface area contributed by atoms with E-state index in [1.165, 1.54) is 18.6 Å². The predicted octanol–water partition coefficient (Wildman–Crippen LogP) is 1.88. The summed E-state index contributed by atoms with van der Waals surface area (Å²) in [5.41, 5.74) is 0. The molecule has 1 N–H and O–H groups in total. The molecule has 0 aromatic carbocycles. The Bertz CT molecular complexity index is 148. The van der Waals surface area contributed by atoms with E-state index in [4.69, 9.17) is 0 Å². The zero-order valence-corrected chi connectivity index (χ0v) is 8.16. The van der Waals surface area contributed by atoms with Crippen LogP contribution in [0, 0.1) is 5.92 Å². The molecule has 0 aromatic rings. The van der Waals surface area contributed by atoms with Crippen LogP contribution in [0.3, 0.4) is 0 Å². The molecule has 1 aliphatic heterocycles. The molecular weight excluding hydrogens is 154 g/mol. The summed E-state index contributed by atoms with van der Waals surface area (Å²) in [5.74, 6) is 2.29. The van der Waals surface area contributed by atoms with Crippen LogP contribution >= 0.6 is 11.8 Å². The summed E-state index contributed by atoms with van der Waals surface area (Å²) in [7, 11) is 0. The lowest BCUT2D eigenvalue weighted by molar-refractivity contribution is 0.521. The molecule has 11 heavy (non-hydrogen) atoms. The monoisotopic (exact) mass is 171 g/mol. The van der Waals surface area contributed by atoms with Gasteiger partial charge in [-0.25, -0.2) is 0 Å². The van der Waals surface area contributed by atoms with E-state index in [1.807, 2.05) is 0 Å². The summed E-state index contributed by atoms with van der Waals surface area (Å²) in [5, 5.41) is 4.60. The summed E-state index contributed by atoms with van der Waals surface area (Å²) >= 11 is 2.11. The molecule has 1 heterocycles. The fraction of sp³-hybridized carbons (Fsp3) is 1.00. The number of rotatable bonds is 2.